The Morgan fingerprint density at radius 1 is 1.18 bits per heavy atom. The highest BCUT2D eigenvalue weighted by Crippen LogP contribution is 2.12. The van der Waals surface area contributed by atoms with Gasteiger partial charge in [0, 0.05) is 12.5 Å². The van der Waals surface area contributed by atoms with Crippen LogP contribution in [-0.4, -0.2) is 23.4 Å². The summed E-state index contributed by atoms with van der Waals surface area (Å²) < 4.78 is 31.2. The fourth-order valence-corrected chi connectivity index (χ4v) is 1.41. The van der Waals surface area contributed by atoms with Gasteiger partial charge in [0.15, 0.2) is 0 Å². The van der Waals surface area contributed by atoms with Crippen molar-refractivity contribution < 1.29 is 18.6 Å². The van der Waals surface area contributed by atoms with Gasteiger partial charge in [-0.25, -0.2) is 8.78 Å². The standard InChI is InChI=1S/C13H18F2O2/c1-13(2,3)17-8-12(16)6-9-4-10(14)7-11(15)5-9/h4-5,7,12,16H,6,8H2,1-3H3. The lowest BCUT2D eigenvalue weighted by Crippen LogP contribution is -2.27. The van der Waals surface area contributed by atoms with Crippen LogP contribution in [0.4, 0.5) is 8.78 Å². The highest BCUT2D eigenvalue weighted by atomic mass is 19.1. The molecule has 0 amide bonds. The van der Waals surface area contributed by atoms with E-state index in [2.05, 4.69) is 0 Å². The fourth-order valence-electron chi connectivity index (χ4n) is 1.41. The van der Waals surface area contributed by atoms with Crippen LogP contribution in [0.5, 0.6) is 0 Å². The van der Waals surface area contributed by atoms with Crippen LogP contribution >= 0.6 is 0 Å². The minimum Gasteiger partial charge on any atom is -0.390 e. The van der Waals surface area contributed by atoms with Crippen LogP contribution in [0.2, 0.25) is 0 Å². The summed E-state index contributed by atoms with van der Waals surface area (Å²) in [6.45, 7) is 5.77. The number of benzene rings is 1. The summed E-state index contributed by atoms with van der Waals surface area (Å²) in [6.07, 6.45) is -0.597. The molecule has 1 aromatic rings. The summed E-state index contributed by atoms with van der Waals surface area (Å²) in [6, 6.07) is 3.23. The molecule has 0 bridgehead atoms. The molecule has 1 unspecified atom stereocenters. The minimum atomic E-state index is -0.768. The summed E-state index contributed by atoms with van der Waals surface area (Å²) in [5.41, 5.74) is 0.0845. The van der Waals surface area contributed by atoms with Crippen molar-refractivity contribution in [2.45, 2.75) is 38.9 Å². The van der Waals surface area contributed by atoms with Gasteiger partial charge in [0.25, 0.3) is 0 Å². The second-order valence-corrected chi connectivity index (χ2v) is 5.06. The lowest BCUT2D eigenvalue weighted by Gasteiger charge is -2.22. The maximum Gasteiger partial charge on any atom is 0.126 e. The zero-order valence-electron chi connectivity index (χ0n) is 10.3. The normalized spacial score (nSPS) is 13.8. The molecule has 0 saturated heterocycles. The van der Waals surface area contributed by atoms with Crippen LogP contribution in [0.25, 0.3) is 0 Å². The smallest absolute Gasteiger partial charge is 0.126 e. The molecule has 0 spiro atoms. The summed E-state index contributed by atoms with van der Waals surface area (Å²) in [5.74, 6) is -1.27. The Labute approximate surface area is 100 Å². The Hall–Kier alpha value is -1.00. The summed E-state index contributed by atoms with van der Waals surface area (Å²) in [7, 11) is 0. The van der Waals surface area contributed by atoms with E-state index in [1.165, 1.54) is 12.1 Å². The van der Waals surface area contributed by atoms with Crippen LogP contribution in [0.15, 0.2) is 18.2 Å². The fraction of sp³-hybridized carbons (Fsp3) is 0.538. The predicted molar refractivity (Wildman–Crippen MR) is 61.8 cm³/mol. The van der Waals surface area contributed by atoms with E-state index in [0.717, 1.165) is 6.07 Å². The molecule has 2 nitrogen and oxygen atoms in total. The van der Waals surface area contributed by atoms with E-state index < -0.39 is 17.7 Å². The van der Waals surface area contributed by atoms with E-state index in [4.69, 9.17) is 4.74 Å². The molecule has 1 rings (SSSR count). The summed E-state index contributed by atoms with van der Waals surface area (Å²) >= 11 is 0. The van der Waals surface area contributed by atoms with Gasteiger partial charge in [-0.1, -0.05) is 0 Å². The second kappa shape index (κ2) is 5.56. The third-order valence-electron chi connectivity index (χ3n) is 2.10. The van der Waals surface area contributed by atoms with Crippen LogP contribution in [0, 0.1) is 11.6 Å². The molecule has 1 aromatic carbocycles. The van der Waals surface area contributed by atoms with Gasteiger partial charge >= 0.3 is 0 Å². The Morgan fingerprint density at radius 2 is 1.71 bits per heavy atom. The Balaban J connectivity index is 2.53. The van der Waals surface area contributed by atoms with Crippen molar-refractivity contribution in [1.29, 1.82) is 0 Å². The van der Waals surface area contributed by atoms with Gasteiger partial charge in [-0.15, -0.1) is 0 Å². The SMILES string of the molecule is CC(C)(C)OCC(O)Cc1cc(F)cc(F)c1. The first-order chi connectivity index (χ1) is 7.76. The van der Waals surface area contributed by atoms with Gasteiger partial charge in [-0.05, 0) is 38.5 Å². The molecule has 0 aliphatic carbocycles. The van der Waals surface area contributed by atoms with Crippen molar-refractivity contribution in [3.05, 3.63) is 35.4 Å². The van der Waals surface area contributed by atoms with Crippen molar-refractivity contribution >= 4 is 0 Å². The first kappa shape index (κ1) is 14.1. The minimum absolute atomic E-state index is 0.141. The maximum absolute atomic E-state index is 12.9. The van der Waals surface area contributed by atoms with Crippen molar-refractivity contribution in [3.63, 3.8) is 0 Å². The zero-order valence-corrected chi connectivity index (χ0v) is 10.3. The van der Waals surface area contributed by atoms with E-state index >= 15 is 0 Å². The number of halogens is 2. The molecular weight excluding hydrogens is 226 g/mol. The molecule has 4 heteroatoms. The average molecular weight is 244 g/mol. The van der Waals surface area contributed by atoms with Gasteiger partial charge in [-0.2, -0.15) is 0 Å². The monoisotopic (exact) mass is 244 g/mol. The molecule has 0 radical (unpaired) electrons. The molecule has 1 N–H and O–H groups in total. The quantitative estimate of drug-likeness (QED) is 0.882. The molecule has 0 saturated carbocycles. The first-order valence-corrected chi connectivity index (χ1v) is 5.53. The Morgan fingerprint density at radius 3 is 2.18 bits per heavy atom. The van der Waals surface area contributed by atoms with Gasteiger partial charge in [-0.3, -0.25) is 0 Å². The number of ether oxygens (including phenoxy) is 1. The number of aliphatic hydroxyl groups is 1. The Kier molecular flexibility index (Phi) is 4.60. The highest BCUT2D eigenvalue weighted by molar-refractivity contribution is 5.18. The van der Waals surface area contributed by atoms with Crippen molar-refractivity contribution in [2.24, 2.45) is 0 Å². The number of hydrogen-bond donors (Lipinski definition) is 1. The molecule has 1 atom stereocenters. The summed E-state index contributed by atoms with van der Waals surface area (Å²) in [5, 5.41) is 9.68. The number of rotatable bonds is 4. The van der Waals surface area contributed by atoms with Crippen LogP contribution in [0.3, 0.4) is 0 Å². The van der Waals surface area contributed by atoms with Crippen molar-refractivity contribution in [2.75, 3.05) is 6.61 Å². The summed E-state index contributed by atoms with van der Waals surface area (Å²) in [4.78, 5) is 0. The molecule has 96 valence electrons. The first-order valence-electron chi connectivity index (χ1n) is 5.53. The molecule has 0 aliphatic rings. The lowest BCUT2D eigenvalue weighted by atomic mass is 10.1. The predicted octanol–water partition coefficient (Wildman–Crippen LogP) is 2.68. The maximum atomic E-state index is 12.9. The van der Waals surface area contributed by atoms with Gasteiger partial charge in [0.2, 0.25) is 0 Å². The molecule has 0 aromatic heterocycles. The van der Waals surface area contributed by atoms with E-state index in [1.54, 1.807) is 0 Å². The molecular formula is C13H18F2O2. The van der Waals surface area contributed by atoms with E-state index in [1.807, 2.05) is 20.8 Å². The van der Waals surface area contributed by atoms with Crippen LogP contribution in [-0.2, 0) is 11.2 Å². The number of aliphatic hydroxyl groups excluding tert-OH is 1. The topological polar surface area (TPSA) is 29.5 Å². The van der Waals surface area contributed by atoms with Gasteiger partial charge in [0.1, 0.15) is 11.6 Å². The zero-order chi connectivity index (χ0) is 13.1. The number of hydrogen-bond acceptors (Lipinski definition) is 2. The van der Waals surface area contributed by atoms with E-state index in [-0.39, 0.29) is 18.6 Å². The average Bonchev–Trinajstić information content (AvgIpc) is 2.11. The van der Waals surface area contributed by atoms with Crippen molar-refractivity contribution in [3.8, 4) is 0 Å². The molecule has 17 heavy (non-hydrogen) atoms. The van der Waals surface area contributed by atoms with E-state index in [9.17, 15) is 13.9 Å². The van der Waals surface area contributed by atoms with Gasteiger partial charge in [0.05, 0.1) is 18.3 Å². The van der Waals surface area contributed by atoms with Crippen LogP contribution < -0.4 is 0 Å². The van der Waals surface area contributed by atoms with Crippen molar-refractivity contribution in [1.82, 2.24) is 0 Å². The molecule has 0 fully saturated rings. The Bertz CT molecular complexity index is 352. The van der Waals surface area contributed by atoms with E-state index in [0.29, 0.717) is 5.56 Å². The van der Waals surface area contributed by atoms with Gasteiger partial charge < -0.3 is 9.84 Å². The third kappa shape index (κ3) is 5.75. The largest absolute Gasteiger partial charge is 0.390 e. The lowest BCUT2D eigenvalue weighted by molar-refractivity contribution is -0.0482. The molecule has 0 aliphatic heterocycles. The second-order valence-electron chi connectivity index (χ2n) is 5.06. The molecule has 0 heterocycles. The van der Waals surface area contributed by atoms with Crippen LogP contribution in [0.1, 0.15) is 26.3 Å². The highest BCUT2D eigenvalue weighted by Gasteiger charge is 2.14. The third-order valence-corrected chi connectivity index (χ3v) is 2.10.